The van der Waals surface area contributed by atoms with Crippen molar-refractivity contribution in [1.29, 1.82) is 0 Å². The third-order valence-corrected chi connectivity index (χ3v) is 5.03. The first-order chi connectivity index (χ1) is 9.38. The smallest absolute Gasteiger partial charge is 0.287 e. The summed E-state index contributed by atoms with van der Waals surface area (Å²) in [6, 6.07) is 5.82. The molecule has 1 rings (SSSR count). The summed E-state index contributed by atoms with van der Waals surface area (Å²) in [5.41, 5.74) is -0.351. The molecule has 1 atom stereocenters. The second-order valence-electron chi connectivity index (χ2n) is 4.73. The topological polar surface area (TPSA) is 89.3 Å². The van der Waals surface area contributed by atoms with Crippen LogP contribution in [0.15, 0.2) is 29.2 Å². The van der Waals surface area contributed by atoms with Crippen LogP contribution in [0, 0.1) is 10.1 Å². The molecule has 0 aliphatic heterocycles. The minimum Gasteiger partial charge on any atom is -0.317 e. The van der Waals surface area contributed by atoms with E-state index in [4.69, 9.17) is 0 Å². The number of benzene rings is 1. The lowest BCUT2D eigenvalue weighted by Gasteiger charge is -2.09. The average molecular weight is 300 g/mol. The van der Waals surface area contributed by atoms with Gasteiger partial charge in [-0.3, -0.25) is 10.1 Å². The van der Waals surface area contributed by atoms with Crippen LogP contribution < -0.4 is 5.32 Å². The van der Waals surface area contributed by atoms with Crippen molar-refractivity contribution in [3.05, 3.63) is 34.4 Å². The van der Waals surface area contributed by atoms with Crippen molar-refractivity contribution in [3.63, 3.8) is 0 Å². The fraction of sp³-hybridized carbons (Fsp3) is 0.538. The molecule has 1 aromatic carbocycles. The highest BCUT2D eigenvalue weighted by Crippen LogP contribution is 2.24. The number of unbranched alkanes of at least 4 members (excludes halogenated alkanes) is 1. The molecule has 7 heteroatoms. The van der Waals surface area contributed by atoms with Gasteiger partial charge in [-0.2, -0.15) is 0 Å². The van der Waals surface area contributed by atoms with E-state index in [0.717, 1.165) is 12.8 Å². The Morgan fingerprint density at radius 1 is 1.30 bits per heavy atom. The highest BCUT2D eigenvalue weighted by molar-refractivity contribution is 7.91. The molecule has 1 aromatic rings. The molecule has 0 bridgehead atoms. The zero-order valence-electron chi connectivity index (χ0n) is 11.7. The molecule has 1 unspecified atom stereocenters. The molecular formula is C13H20N2O4S. The number of nitrogens with zero attached hydrogens (tertiary/aromatic N) is 1. The standard InChI is InChI=1S/C13H20N2O4S/c1-11(14-2)7-5-6-10-20(18,19)13-9-4-3-8-12(13)15(16)17/h3-4,8-9,11,14H,5-7,10H2,1-2H3. The third-order valence-electron chi connectivity index (χ3n) is 3.19. The molecule has 0 spiro atoms. The highest BCUT2D eigenvalue weighted by atomic mass is 32.2. The lowest BCUT2D eigenvalue weighted by atomic mass is 10.1. The molecule has 0 radical (unpaired) electrons. The Balaban J connectivity index is 2.72. The van der Waals surface area contributed by atoms with Crippen LogP contribution in [0.4, 0.5) is 5.69 Å². The summed E-state index contributed by atoms with van der Waals surface area (Å²) in [5, 5.41) is 13.9. The van der Waals surface area contributed by atoms with Crippen molar-refractivity contribution < 1.29 is 13.3 Å². The van der Waals surface area contributed by atoms with E-state index in [1.807, 2.05) is 14.0 Å². The van der Waals surface area contributed by atoms with Gasteiger partial charge >= 0.3 is 0 Å². The second-order valence-corrected chi connectivity index (χ2v) is 6.81. The van der Waals surface area contributed by atoms with E-state index in [0.29, 0.717) is 12.5 Å². The highest BCUT2D eigenvalue weighted by Gasteiger charge is 2.24. The van der Waals surface area contributed by atoms with Crippen LogP contribution >= 0.6 is 0 Å². The Labute approximate surface area is 119 Å². The van der Waals surface area contributed by atoms with Crippen molar-refractivity contribution in [2.24, 2.45) is 0 Å². The maximum Gasteiger partial charge on any atom is 0.287 e. The van der Waals surface area contributed by atoms with Gasteiger partial charge in [0.05, 0.1) is 10.7 Å². The Morgan fingerprint density at radius 2 is 1.95 bits per heavy atom. The van der Waals surface area contributed by atoms with E-state index in [2.05, 4.69) is 5.32 Å². The fourth-order valence-electron chi connectivity index (χ4n) is 1.87. The van der Waals surface area contributed by atoms with Gasteiger partial charge < -0.3 is 5.32 Å². The van der Waals surface area contributed by atoms with Crippen molar-refractivity contribution >= 4 is 15.5 Å². The zero-order valence-corrected chi connectivity index (χ0v) is 12.5. The van der Waals surface area contributed by atoms with Crippen LogP contribution in [0.3, 0.4) is 0 Å². The van der Waals surface area contributed by atoms with Gasteiger partial charge in [0, 0.05) is 12.1 Å². The molecule has 0 aliphatic carbocycles. The van der Waals surface area contributed by atoms with Gasteiger partial charge in [-0.05, 0) is 32.9 Å². The quantitative estimate of drug-likeness (QED) is 0.451. The molecule has 0 saturated carbocycles. The average Bonchev–Trinajstić information content (AvgIpc) is 2.43. The number of rotatable bonds is 8. The monoisotopic (exact) mass is 300 g/mol. The first kappa shape index (κ1) is 16.6. The molecule has 0 amide bonds. The second kappa shape index (κ2) is 7.35. The molecule has 1 N–H and O–H groups in total. The Bertz CT molecular complexity index is 557. The number of nitro benzene ring substituents is 1. The van der Waals surface area contributed by atoms with Gasteiger partial charge in [0.15, 0.2) is 9.84 Å². The molecule has 20 heavy (non-hydrogen) atoms. The van der Waals surface area contributed by atoms with Crippen molar-refractivity contribution in [2.75, 3.05) is 12.8 Å². The van der Waals surface area contributed by atoms with Crippen molar-refractivity contribution in [2.45, 2.75) is 37.1 Å². The summed E-state index contributed by atoms with van der Waals surface area (Å²) in [6.07, 6.45) is 2.14. The lowest BCUT2D eigenvalue weighted by Crippen LogP contribution is -2.21. The maximum atomic E-state index is 12.2. The number of nitro groups is 1. The summed E-state index contributed by atoms with van der Waals surface area (Å²) in [5.74, 6) is -0.0612. The minimum absolute atomic E-state index is 0.0612. The normalized spacial score (nSPS) is 13.1. The Hall–Kier alpha value is -1.47. The van der Waals surface area contributed by atoms with E-state index in [1.165, 1.54) is 24.3 Å². The number of hydrogen-bond donors (Lipinski definition) is 1. The first-order valence-corrected chi connectivity index (χ1v) is 8.17. The van der Waals surface area contributed by atoms with E-state index in [9.17, 15) is 18.5 Å². The van der Waals surface area contributed by atoms with Crippen LogP contribution in [0.2, 0.25) is 0 Å². The van der Waals surface area contributed by atoms with E-state index < -0.39 is 14.8 Å². The fourth-order valence-corrected chi connectivity index (χ4v) is 3.42. The molecule has 0 saturated heterocycles. The number of para-hydroxylation sites is 1. The Kier molecular flexibility index (Phi) is 6.09. The van der Waals surface area contributed by atoms with E-state index in [-0.39, 0.29) is 16.3 Å². The molecular weight excluding hydrogens is 280 g/mol. The lowest BCUT2D eigenvalue weighted by molar-refractivity contribution is -0.387. The Morgan fingerprint density at radius 3 is 2.55 bits per heavy atom. The van der Waals surface area contributed by atoms with Gasteiger partial charge in [0.1, 0.15) is 4.90 Å². The zero-order chi connectivity index (χ0) is 15.2. The van der Waals surface area contributed by atoms with Crippen molar-refractivity contribution in [1.82, 2.24) is 5.32 Å². The summed E-state index contributed by atoms with van der Waals surface area (Å²) >= 11 is 0. The molecule has 112 valence electrons. The maximum absolute atomic E-state index is 12.2. The van der Waals surface area contributed by atoms with E-state index in [1.54, 1.807) is 0 Å². The molecule has 0 aromatic heterocycles. The number of hydrogen-bond acceptors (Lipinski definition) is 5. The third kappa shape index (κ3) is 4.57. The van der Waals surface area contributed by atoms with Gasteiger partial charge in [0.25, 0.3) is 5.69 Å². The largest absolute Gasteiger partial charge is 0.317 e. The number of nitrogens with one attached hydrogen (secondary N) is 1. The summed E-state index contributed by atoms with van der Waals surface area (Å²) < 4.78 is 24.3. The first-order valence-electron chi connectivity index (χ1n) is 6.52. The van der Waals surface area contributed by atoms with Gasteiger partial charge in [0.2, 0.25) is 0 Å². The predicted octanol–water partition coefficient (Wildman–Crippen LogP) is 2.15. The van der Waals surface area contributed by atoms with Crippen LogP contribution in [0.1, 0.15) is 26.2 Å². The minimum atomic E-state index is -3.60. The van der Waals surface area contributed by atoms with E-state index >= 15 is 0 Å². The molecule has 0 aliphatic rings. The van der Waals surface area contributed by atoms with Crippen molar-refractivity contribution in [3.8, 4) is 0 Å². The summed E-state index contributed by atoms with van der Waals surface area (Å²) in [7, 11) is -1.75. The predicted molar refractivity (Wildman–Crippen MR) is 77.5 cm³/mol. The molecule has 0 heterocycles. The summed E-state index contributed by atoms with van der Waals surface area (Å²) in [6.45, 7) is 2.02. The van der Waals surface area contributed by atoms with Crippen LogP contribution in [0.5, 0.6) is 0 Å². The van der Waals surface area contributed by atoms with Gasteiger partial charge in [-0.1, -0.05) is 18.6 Å². The van der Waals surface area contributed by atoms with Crippen LogP contribution in [-0.4, -0.2) is 32.2 Å². The van der Waals surface area contributed by atoms with Gasteiger partial charge in [-0.25, -0.2) is 8.42 Å². The molecule has 0 fully saturated rings. The van der Waals surface area contributed by atoms with Gasteiger partial charge in [-0.15, -0.1) is 0 Å². The van der Waals surface area contributed by atoms with Crippen LogP contribution in [0.25, 0.3) is 0 Å². The molecule has 6 nitrogen and oxygen atoms in total. The van der Waals surface area contributed by atoms with Crippen LogP contribution in [-0.2, 0) is 9.84 Å². The summed E-state index contributed by atoms with van der Waals surface area (Å²) in [4.78, 5) is 10.0. The number of sulfone groups is 1. The SMILES string of the molecule is CNC(C)CCCCS(=O)(=O)c1ccccc1[N+](=O)[O-].